The molecule has 0 radical (unpaired) electrons. The standard InChI is InChI=1S/C25H24BrFN6O2/c1-33(2)10-6-9-23(34)30-20-12-21(22(35-3)11-18(20)27)31-25-29-14-17(26)24(32-25)16-13-28-19-8-5-4-7-15(16)19/h4-9,11-14,28H,10H2,1-3H3,(H,30,34)(H,29,31,32)/b9-6+. The summed E-state index contributed by atoms with van der Waals surface area (Å²) in [7, 11) is 5.21. The second-order valence-electron chi connectivity index (χ2n) is 7.95. The molecule has 0 bridgehead atoms. The summed E-state index contributed by atoms with van der Waals surface area (Å²) >= 11 is 3.53. The monoisotopic (exact) mass is 538 g/mol. The van der Waals surface area contributed by atoms with Crippen molar-refractivity contribution in [3.8, 4) is 17.0 Å². The van der Waals surface area contributed by atoms with Crippen molar-refractivity contribution >= 4 is 50.1 Å². The number of aromatic nitrogens is 3. The molecule has 0 atom stereocenters. The Bertz CT molecular complexity index is 1400. The number of hydrogen-bond donors (Lipinski definition) is 3. The Balaban J connectivity index is 1.63. The number of nitrogens with zero attached hydrogens (tertiary/aromatic N) is 3. The minimum absolute atomic E-state index is 0.00164. The zero-order valence-corrected chi connectivity index (χ0v) is 21.0. The molecule has 180 valence electrons. The van der Waals surface area contributed by atoms with Gasteiger partial charge in [0.05, 0.1) is 28.7 Å². The number of aromatic amines is 1. The molecule has 0 saturated carbocycles. The van der Waals surface area contributed by atoms with E-state index in [1.54, 1.807) is 12.3 Å². The highest BCUT2D eigenvalue weighted by atomic mass is 79.9. The van der Waals surface area contributed by atoms with Crippen LogP contribution in [0.4, 0.5) is 21.7 Å². The molecule has 0 spiro atoms. The number of halogens is 2. The van der Waals surface area contributed by atoms with Gasteiger partial charge in [-0.2, -0.15) is 0 Å². The van der Waals surface area contributed by atoms with Crippen LogP contribution in [0, 0.1) is 5.82 Å². The van der Waals surface area contributed by atoms with Gasteiger partial charge in [0, 0.05) is 47.5 Å². The fraction of sp³-hybridized carbons (Fsp3) is 0.160. The third-order valence-corrected chi connectivity index (χ3v) is 5.70. The Morgan fingerprint density at radius 2 is 2.06 bits per heavy atom. The van der Waals surface area contributed by atoms with E-state index in [0.29, 0.717) is 17.9 Å². The van der Waals surface area contributed by atoms with Gasteiger partial charge in [-0.25, -0.2) is 14.4 Å². The molecule has 0 fully saturated rings. The van der Waals surface area contributed by atoms with Crippen LogP contribution in [0.25, 0.3) is 22.2 Å². The zero-order valence-electron chi connectivity index (χ0n) is 19.4. The van der Waals surface area contributed by atoms with Crippen molar-refractivity contribution in [1.82, 2.24) is 19.9 Å². The molecular weight excluding hydrogens is 515 g/mol. The van der Waals surface area contributed by atoms with Gasteiger partial charge < -0.3 is 25.3 Å². The second-order valence-corrected chi connectivity index (χ2v) is 8.80. The van der Waals surface area contributed by atoms with Crippen LogP contribution < -0.4 is 15.4 Å². The van der Waals surface area contributed by atoms with Crippen molar-refractivity contribution in [2.45, 2.75) is 0 Å². The number of fused-ring (bicyclic) bond motifs is 1. The molecule has 0 saturated heterocycles. The number of likely N-dealkylation sites (N-methyl/N-ethyl adjacent to an activating group) is 1. The summed E-state index contributed by atoms with van der Waals surface area (Å²) in [6.07, 6.45) is 6.58. The van der Waals surface area contributed by atoms with E-state index in [9.17, 15) is 9.18 Å². The largest absolute Gasteiger partial charge is 0.494 e. The Morgan fingerprint density at radius 3 is 2.83 bits per heavy atom. The number of nitrogens with one attached hydrogen (secondary N) is 3. The third kappa shape index (κ3) is 5.67. The molecule has 2 heterocycles. The summed E-state index contributed by atoms with van der Waals surface area (Å²) in [6.45, 7) is 0.588. The van der Waals surface area contributed by atoms with Crippen LogP contribution in [-0.2, 0) is 4.79 Å². The van der Waals surface area contributed by atoms with Gasteiger partial charge in [-0.3, -0.25) is 4.79 Å². The van der Waals surface area contributed by atoms with Crippen molar-refractivity contribution in [2.24, 2.45) is 0 Å². The number of carbonyl (C=O) groups excluding carboxylic acids is 1. The molecule has 2 aromatic heterocycles. The maximum atomic E-state index is 14.6. The smallest absolute Gasteiger partial charge is 0.248 e. The molecule has 1 amide bonds. The molecule has 4 rings (SSSR count). The number of ether oxygens (including phenoxy) is 1. The van der Waals surface area contributed by atoms with Gasteiger partial charge in [-0.1, -0.05) is 24.3 Å². The number of hydrogen-bond acceptors (Lipinski definition) is 6. The normalized spacial score (nSPS) is 11.4. The first-order chi connectivity index (χ1) is 16.9. The van der Waals surface area contributed by atoms with Crippen LogP contribution in [0.15, 0.2) is 65.4 Å². The number of para-hydroxylation sites is 1. The Labute approximate surface area is 210 Å². The van der Waals surface area contributed by atoms with E-state index in [1.165, 1.54) is 25.3 Å². The molecule has 3 N–H and O–H groups in total. The summed E-state index contributed by atoms with van der Waals surface area (Å²) in [5.74, 6) is -0.549. The average Bonchev–Trinajstić information content (AvgIpc) is 3.26. The van der Waals surface area contributed by atoms with Gasteiger partial charge in [0.25, 0.3) is 0 Å². The Hall–Kier alpha value is -3.76. The molecule has 0 aliphatic heterocycles. The van der Waals surface area contributed by atoms with Gasteiger partial charge in [-0.05, 0) is 42.2 Å². The average molecular weight is 539 g/mol. The molecule has 4 aromatic rings. The molecule has 2 aromatic carbocycles. The number of benzene rings is 2. The van der Waals surface area contributed by atoms with Crippen LogP contribution in [0.1, 0.15) is 0 Å². The first-order valence-electron chi connectivity index (χ1n) is 10.7. The van der Waals surface area contributed by atoms with Gasteiger partial charge in [0.15, 0.2) is 5.82 Å². The van der Waals surface area contributed by atoms with Crippen molar-refractivity contribution in [2.75, 3.05) is 38.4 Å². The molecule has 0 aliphatic rings. The first-order valence-corrected chi connectivity index (χ1v) is 11.5. The molecule has 10 heteroatoms. The van der Waals surface area contributed by atoms with Crippen molar-refractivity contribution in [1.29, 1.82) is 0 Å². The SMILES string of the molecule is COc1cc(F)c(NC(=O)/C=C/CN(C)C)cc1Nc1ncc(Br)c(-c2c[nH]c3ccccc23)n1. The molecular formula is C25H24BrFN6O2. The minimum Gasteiger partial charge on any atom is -0.494 e. The summed E-state index contributed by atoms with van der Waals surface area (Å²) in [5.41, 5.74) is 2.97. The van der Waals surface area contributed by atoms with Gasteiger partial charge in [0.2, 0.25) is 11.9 Å². The molecule has 35 heavy (non-hydrogen) atoms. The zero-order chi connectivity index (χ0) is 24.9. The Morgan fingerprint density at radius 1 is 1.26 bits per heavy atom. The van der Waals surface area contributed by atoms with Crippen LogP contribution >= 0.6 is 15.9 Å². The quantitative estimate of drug-likeness (QED) is 0.262. The summed E-state index contributed by atoms with van der Waals surface area (Å²) in [6, 6.07) is 10.6. The highest BCUT2D eigenvalue weighted by Gasteiger charge is 2.16. The number of rotatable bonds is 8. The lowest BCUT2D eigenvalue weighted by Gasteiger charge is -2.14. The highest BCUT2D eigenvalue weighted by molar-refractivity contribution is 9.10. The van der Waals surface area contributed by atoms with E-state index in [0.717, 1.165) is 20.9 Å². The van der Waals surface area contributed by atoms with E-state index in [-0.39, 0.29) is 17.4 Å². The third-order valence-electron chi connectivity index (χ3n) is 5.12. The number of amides is 1. The maximum absolute atomic E-state index is 14.6. The predicted molar refractivity (Wildman–Crippen MR) is 140 cm³/mol. The van der Waals surface area contributed by atoms with E-state index in [2.05, 4.69) is 41.5 Å². The van der Waals surface area contributed by atoms with E-state index >= 15 is 0 Å². The lowest BCUT2D eigenvalue weighted by atomic mass is 10.1. The lowest BCUT2D eigenvalue weighted by Crippen LogP contribution is -2.13. The second kappa shape index (κ2) is 10.7. The van der Waals surface area contributed by atoms with Gasteiger partial charge >= 0.3 is 0 Å². The Kier molecular flexibility index (Phi) is 7.42. The molecule has 0 aliphatic carbocycles. The van der Waals surface area contributed by atoms with Gasteiger partial charge in [0.1, 0.15) is 5.75 Å². The van der Waals surface area contributed by atoms with Crippen LogP contribution in [0.3, 0.4) is 0 Å². The number of H-pyrrole nitrogens is 1. The highest BCUT2D eigenvalue weighted by Crippen LogP contribution is 2.35. The summed E-state index contributed by atoms with van der Waals surface area (Å²) < 4.78 is 20.7. The lowest BCUT2D eigenvalue weighted by molar-refractivity contribution is -0.111. The fourth-order valence-corrected chi connectivity index (χ4v) is 3.87. The number of anilines is 3. The van der Waals surface area contributed by atoms with Crippen LogP contribution in [-0.4, -0.2) is 53.5 Å². The summed E-state index contributed by atoms with van der Waals surface area (Å²) in [4.78, 5) is 26.4. The van der Waals surface area contributed by atoms with Crippen molar-refractivity contribution in [3.05, 3.63) is 71.2 Å². The van der Waals surface area contributed by atoms with E-state index in [4.69, 9.17) is 4.74 Å². The fourth-order valence-electron chi connectivity index (χ4n) is 3.47. The molecule has 8 nitrogen and oxygen atoms in total. The topological polar surface area (TPSA) is 95.2 Å². The minimum atomic E-state index is -0.627. The van der Waals surface area contributed by atoms with Crippen molar-refractivity contribution in [3.63, 3.8) is 0 Å². The maximum Gasteiger partial charge on any atom is 0.248 e. The van der Waals surface area contributed by atoms with Crippen molar-refractivity contribution < 1.29 is 13.9 Å². The van der Waals surface area contributed by atoms with Gasteiger partial charge in [-0.15, -0.1) is 0 Å². The first kappa shape index (κ1) is 24.4. The predicted octanol–water partition coefficient (Wildman–Crippen LogP) is 5.34. The molecule has 0 unspecified atom stereocenters. The van der Waals surface area contributed by atoms with E-state index in [1.807, 2.05) is 49.5 Å². The number of methoxy groups -OCH3 is 1. The van der Waals surface area contributed by atoms with E-state index < -0.39 is 11.7 Å². The summed E-state index contributed by atoms with van der Waals surface area (Å²) in [5, 5.41) is 6.65. The number of carbonyl (C=O) groups is 1. The van der Waals surface area contributed by atoms with Crippen LogP contribution in [0.2, 0.25) is 0 Å². The van der Waals surface area contributed by atoms with Crippen LogP contribution in [0.5, 0.6) is 5.75 Å².